The molecule has 2 saturated carbocycles. The third-order valence-corrected chi connectivity index (χ3v) is 7.71. The van der Waals surface area contributed by atoms with Gasteiger partial charge in [0.2, 0.25) is 17.8 Å². The van der Waals surface area contributed by atoms with Gasteiger partial charge in [-0.15, -0.1) is 0 Å². The number of imidazole rings is 1. The van der Waals surface area contributed by atoms with Crippen LogP contribution < -0.4 is 16.4 Å². The predicted molar refractivity (Wildman–Crippen MR) is 137 cm³/mol. The lowest BCUT2D eigenvalue weighted by molar-refractivity contribution is -0.122. The van der Waals surface area contributed by atoms with Crippen molar-refractivity contribution in [3.05, 3.63) is 34.4 Å². The van der Waals surface area contributed by atoms with Crippen molar-refractivity contribution in [3.63, 3.8) is 0 Å². The van der Waals surface area contributed by atoms with E-state index in [1.165, 1.54) is 0 Å². The molecule has 9 nitrogen and oxygen atoms in total. The molecule has 11 heteroatoms. The highest BCUT2D eigenvalue weighted by atomic mass is 35.5. The molecule has 0 saturated heterocycles. The average Bonchev–Trinajstić information content (AvgIpc) is 3.19. The normalized spacial score (nSPS) is 24.9. The highest BCUT2D eigenvalue weighted by Crippen LogP contribution is 2.39. The molecule has 5 rings (SSSR count). The van der Waals surface area contributed by atoms with Crippen molar-refractivity contribution in [1.29, 1.82) is 0 Å². The first-order valence-corrected chi connectivity index (χ1v) is 12.8. The number of hydrogen-bond donors (Lipinski definition) is 4. The number of amides is 1. The molecule has 0 unspecified atom stereocenters. The zero-order valence-electron chi connectivity index (χ0n) is 19.3. The van der Waals surface area contributed by atoms with Gasteiger partial charge in [0.1, 0.15) is 5.52 Å². The maximum atomic E-state index is 11.7. The number of rotatable bonds is 6. The zero-order valence-corrected chi connectivity index (χ0v) is 20.8. The Morgan fingerprint density at radius 1 is 1.09 bits per heavy atom. The van der Waals surface area contributed by atoms with Crippen molar-refractivity contribution < 1.29 is 9.90 Å². The first-order chi connectivity index (χ1) is 16.9. The Hall–Kier alpha value is -2.62. The van der Waals surface area contributed by atoms with E-state index in [1.54, 1.807) is 24.4 Å². The van der Waals surface area contributed by atoms with Crippen LogP contribution in [0.2, 0.25) is 10.0 Å². The monoisotopic (exact) mass is 517 g/mol. The third kappa shape index (κ3) is 5.17. The lowest BCUT2D eigenvalue weighted by Crippen LogP contribution is -2.30. The predicted octanol–water partition coefficient (Wildman–Crippen LogP) is 4.81. The Balaban J connectivity index is 1.51. The highest BCUT2D eigenvalue weighted by molar-refractivity contribution is 6.39. The van der Waals surface area contributed by atoms with Gasteiger partial charge in [-0.2, -0.15) is 4.98 Å². The first kappa shape index (κ1) is 24.1. The van der Waals surface area contributed by atoms with Gasteiger partial charge in [0.05, 0.1) is 28.0 Å². The first-order valence-electron chi connectivity index (χ1n) is 12.1. The van der Waals surface area contributed by atoms with Gasteiger partial charge in [-0.3, -0.25) is 9.36 Å². The second-order valence-corrected chi connectivity index (χ2v) is 10.3. The molecule has 0 spiro atoms. The molecule has 186 valence electrons. The number of nitrogens with zero attached hydrogens (tertiary/aromatic N) is 4. The molecule has 2 aliphatic rings. The molecule has 2 heterocycles. The number of carbonyl (C=O) groups excluding carboxylic acids is 1. The number of aromatic nitrogens is 4. The summed E-state index contributed by atoms with van der Waals surface area (Å²) >= 11 is 12.8. The number of fused-ring (bicyclic) bond motifs is 1. The van der Waals surface area contributed by atoms with E-state index in [9.17, 15) is 9.90 Å². The molecule has 2 aromatic heterocycles. The molecular weight excluding hydrogens is 489 g/mol. The number of para-hydroxylation sites is 1. The molecule has 1 aromatic carbocycles. The number of primary amides is 1. The fourth-order valence-corrected chi connectivity index (χ4v) is 5.71. The highest BCUT2D eigenvalue weighted by Gasteiger charge is 2.30. The summed E-state index contributed by atoms with van der Waals surface area (Å²) in [5, 5.41) is 17.7. The van der Waals surface area contributed by atoms with Gasteiger partial charge in [-0.1, -0.05) is 29.3 Å². The summed E-state index contributed by atoms with van der Waals surface area (Å²) in [6.07, 6.45) is 7.80. The van der Waals surface area contributed by atoms with E-state index in [0.717, 1.165) is 32.1 Å². The van der Waals surface area contributed by atoms with Gasteiger partial charge in [-0.25, -0.2) is 9.97 Å². The topological polar surface area (TPSA) is 131 Å². The van der Waals surface area contributed by atoms with Crippen LogP contribution in [-0.4, -0.2) is 42.7 Å². The molecule has 35 heavy (non-hydrogen) atoms. The Labute approximate surface area is 213 Å². The number of halogens is 2. The minimum absolute atomic E-state index is 0.0682. The van der Waals surface area contributed by atoms with Gasteiger partial charge in [0, 0.05) is 18.0 Å². The lowest BCUT2D eigenvalue weighted by atomic mass is 9.85. The quantitative estimate of drug-likeness (QED) is 0.368. The number of nitrogens with one attached hydrogen (secondary N) is 2. The number of aliphatic hydroxyl groups is 1. The van der Waals surface area contributed by atoms with Crippen molar-refractivity contribution in [3.8, 4) is 0 Å². The molecular formula is C24H29Cl2N7O2. The van der Waals surface area contributed by atoms with Crippen molar-refractivity contribution in [2.45, 2.75) is 69.6 Å². The van der Waals surface area contributed by atoms with Crippen molar-refractivity contribution in [1.82, 2.24) is 19.5 Å². The van der Waals surface area contributed by atoms with Crippen LogP contribution in [0.3, 0.4) is 0 Å². The number of hydrogen-bond acceptors (Lipinski definition) is 7. The van der Waals surface area contributed by atoms with Gasteiger partial charge in [0.25, 0.3) is 0 Å². The molecule has 0 radical (unpaired) electrons. The summed E-state index contributed by atoms with van der Waals surface area (Å²) < 4.78 is 2.06. The summed E-state index contributed by atoms with van der Waals surface area (Å²) in [6, 6.07) is 5.51. The van der Waals surface area contributed by atoms with Crippen LogP contribution in [0.4, 0.5) is 17.6 Å². The SMILES string of the molecule is NC(=O)[C@H]1CC[C@@H](n2c(Nc3c(Cl)cccc3Cl)nc3cnc(N[C@H]4CCC[C@@H](O)C4)nc32)CC1. The number of benzene rings is 1. The molecule has 3 aromatic rings. The van der Waals surface area contributed by atoms with E-state index >= 15 is 0 Å². The summed E-state index contributed by atoms with van der Waals surface area (Å²) in [6.45, 7) is 0. The van der Waals surface area contributed by atoms with E-state index in [4.69, 9.17) is 38.9 Å². The van der Waals surface area contributed by atoms with E-state index < -0.39 is 0 Å². The van der Waals surface area contributed by atoms with Crippen molar-refractivity contribution in [2.24, 2.45) is 11.7 Å². The third-order valence-electron chi connectivity index (χ3n) is 7.08. The second kappa shape index (κ2) is 10.2. The van der Waals surface area contributed by atoms with Crippen LogP contribution in [0.5, 0.6) is 0 Å². The number of carbonyl (C=O) groups is 1. The van der Waals surface area contributed by atoms with Crippen LogP contribution in [0.25, 0.3) is 11.2 Å². The summed E-state index contributed by atoms with van der Waals surface area (Å²) in [5.41, 5.74) is 7.46. The fraction of sp³-hybridized carbons (Fsp3) is 0.500. The van der Waals surface area contributed by atoms with E-state index in [2.05, 4.69) is 20.2 Å². The minimum Gasteiger partial charge on any atom is -0.393 e. The van der Waals surface area contributed by atoms with Crippen LogP contribution >= 0.6 is 23.2 Å². The standard InChI is InChI=1S/C24H29Cl2N7O2/c25-17-5-2-6-18(26)20(17)31-24-30-19-12-28-23(29-14-3-1-4-16(34)11-14)32-22(19)33(24)15-9-7-13(8-10-15)21(27)35/h2,5-6,12-16,34H,1,3-4,7-11H2,(H2,27,35)(H,30,31)(H,28,29,32)/t13-,14-,15+,16+/m0/s1. The number of nitrogens with two attached hydrogens (primary N) is 1. The lowest BCUT2D eigenvalue weighted by Gasteiger charge is -2.29. The van der Waals surface area contributed by atoms with Gasteiger partial charge >= 0.3 is 0 Å². The van der Waals surface area contributed by atoms with Crippen LogP contribution in [0, 0.1) is 5.92 Å². The van der Waals surface area contributed by atoms with Crippen LogP contribution in [0.1, 0.15) is 57.4 Å². The summed E-state index contributed by atoms with van der Waals surface area (Å²) in [5.74, 6) is 0.714. The van der Waals surface area contributed by atoms with E-state index in [1.807, 2.05) is 0 Å². The molecule has 1 amide bonds. The molecule has 0 bridgehead atoms. The molecule has 2 atom stereocenters. The Bertz CT molecular complexity index is 1210. The largest absolute Gasteiger partial charge is 0.393 e. The Kier molecular flexibility index (Phi) is 7.00. The van der Waals surface area contributed by atoms with Gasteiger partial charge in [0.15, 0.2) is 5.65 Å². The number of anilines is 3. The second-order valence-electron chi connectivity index (χ2n) is 9.50. The van der Waals surface area contributed by atoms with Gasteiger partial charge < -0.3 is 21.5 Å². The van der Waals surface area contributed by atoms with Crippen LogP contribution in [0.15, 0.2) is 24.4 Å². The fourth-order valence-electron chi connectivity index (χ4n) is 5.22. The smallest absolute Gasteiger partial charge is 0.224 e. The maximum absolute atomic E-state index is 11.7. The average molecular weight is 518 g/mol. The summed E-state index contributed by atoms with van der Waals surface area (Å²) in [4.78, 5) is 25.8. The number of aliphatic hydroxyl groups excluding tert-OH is 1. The zero-order chi connectivity index (χ0) is 24.5. The molecule has 2 fully saturated rings. The maximum Gasteiger partial charge on any atom is 0.224 e. The minimum atomic E-state index is -0.299. The summed E-state index contributed by atoms with van der Waals surface area (Å²) in [7, 11) is 0. The molecule has 5 N–H and O–H groups in total. The molecule has 0 aliphatic heterocycles. The van der Waals surface area contributed by atoms with E-state index in [-0.39, 0.29) is 30.0 Å². The Morgan fingerprint density at radius 3 is 2.51 bits per heavy atom. The van der Waals surface area contributed by atoms with Crippen LogP contribution in [-0.2, 0) is 4.79 Å². The van der Waals surface area contributed by atoms with Crippen molar-refractivity contribution >= 4 is 57.9 Å². The van der Waals surface area contributed by atoms with E-state index in [0.29, 0.717) is 58.1 Å². The Morgan fingerprint density at radius 2 is 1.83 bits per heavy atom. The van der Waals surface area contributed by atoms with Gasteiger partial charge in [-0.05, 0) is 63.5 Å². The van der Waals surface area contributed by atoms with Crippen molar-refractivity contribution in [2.75, 3.05) is 10.6 Å². The molecule has 2 aliphatic carbocycles.